The van der Waals surface area contributed by atoms with E-state index in [4.69, 9.17) is 14.7 Å². The molecule has 3 rings (SSSR count). The molecule has 0 saturated carbocycles. The smallest absolute Gasteiger partial charge is 0.243 e. The average Bonchev–Trinajstić information content (AvgIpc) is 3.18. The van der Waals surface area contributed by atoms with Crippen molar-refractivity contribution < 1.29 is 17.9 Å². The monoisotopic (exact) mass is 389 g/mol. The third-order valence-electron chi connectivity index (χ3n) is 4.51. The molecule has 1 aromatic heterocycles. The zero-order valence-electron chi connectivity index (χ0n) is 15.3. The van der Waals surface area contributed by atoms with Gasteiger partial charge in [0.2, 0.25) is 10.0 Å². The lowest BCUT2D eigenvalue weighted by Gasteiger charge is -2.24. The predicted octanol–water partition coefficient (Wildman–Crippen LogP) is 2.72. The van der Waals surface area contributed by atoms with E-state index in [0.29, 0.717) is 29.9 Å². The largest absolute Gasteiger partial charge is 0.492 e. The van der Waals surface area contributed by atoms with Crippen LogP contribution in [0.5, 0.6) is 5.75 Å². The van der Waals surface area contributed by atoms with Crippen LogP contribution in [0.25, 0.3) is 10.9 Å². The maximum Gasteiger partial charge on any atom is 0.243 e. The molecule has 27 heavy (non-hydrogen) atoms. The van der Waals surface area contributed by atoms with Gasteiger partial charge in [0.1, 0.15) is 11.3 Å². The van der Waals surface area contributed by atoms with Crippen molar-refractivity contribution in [2.24, 2.45) is 0 Å². The topological polar surface area (TPSA) is 92.5 Å². The molecule has 2 aromatic rings. The second-order valence-electron chi connectivity index (χ2n) is 6.30. The molecule has 0 N–H and O–H groups in total. The molecule has 8 heteroatoms. The molecule has 144 valence electrons. The minimum absolute atomic E-state index is 0.124. The molecule has 1 aliphatic heterocycles. The lowest BCUT2D eigenvalue weighted by atomic mass is 10.2. The van der Waals surface area contributed by atoms with E-state index < -0.39 is 10.0 Å². The summed E-state index contributed by atoms with van der Waals surface area (Å²) < 4.78 is 39.4. The first-order chi connectivity index (χ1) is 13.1. The number of pyridine rings is 1. The second-order valence-corrected chi connectivity index (χ2v) is 8.21. The molecule has 1 atom stereocenters. The normalized spacial score (nSPS) is 17.3. The zero-order chi connectivity index (χ0) is 19.3. The van der Waals surface area contributed by atoms with Gasteiger partial charge in [-0.2, -0.15) is 9.57 Å². The maximum atomic E-state index is 13.4. The van der Waals surface area contributed by atoms with E-state index in [-0.39, 0.29) is 30.5 Å². The van der Waals surface area contributed by atoms with E-state index in [1.807, 2.05) is 13.0 Å². The van der Waals surface area contributed by atoms with Crippen molar-refractivity contribution in [2.75, 3.05) is 26.3 Å². The fourth-order valence-corrected chi connectivity index (χ4v) is 4.91. The van der Waals surface area contributed by atoms with Crippen molar-refractivity contribution in [3.8, 4) is 11.8 Å². The zero-order valence-corrected chi connectivity index (χ0v) is 16.1. The van der Waals surface area contributed by atoms with Crippen molar-refractivity contribution in [2.45, 2.75) is 37.2 Å². The number of nitrogens with zero attached hydrogens (tertiary/aromatic N) is 3. The molecule has 1 aliphatic rings. The molecular weight excluding hydrogens is 366 g/mol. The number of hydrogen-bond donors (Lipinski definition) is 0. The van der Waals surface area contributed by atoms with Gasteiger partial charge in [-0.25, -0.2) is 8.42 Å². The highest BCUT2D eigenvalue weighted by molar-refractivity contribution is 7.89. The Kier molecular flexibility index (Phi) is 6.26. The summed E-state index contributed by atoms with van der Waals surface area (Å²) in [5.74, 6) is 0.551. The Morgan fingerprint density at radius 2 is 2.26 bits per heavy atom. The molecule has 7 nitrogen and oxygen atoms in total. The molecule has 1 fully saturated rings. The van der Waals surface area contributed by atoms with E-state index in [0.717, 1.165) is 12.8 Å². The Morgan fingerprint density at radius 1 is 1.41 bits per heavy atom. The maximum absolute atomic E-state index is 13.4. The summed E-state index contributed by atoms with van der Waals surface area (Å²) in [6, 6.07) is 8.66. The molecule has 0 amide bonds. The first-order valence-corrected chi connectivity index (χ1v) is 10.5. The summed E-state index contributed by atoms with van der Waals surface area (Å²) in [6.07, 6.45) is 3.35. The van der Waals surface area contributed by atoms with Crippen LogP contribution in [0.4, 0.5) is 0 Å². The van der Waals surface area contributed by atoms with Crippen LogP contribution in [0.2, 0.25) is 0 Å². The molecular formula is C19H23N3O4S. The lowest BCUT2D eigenvalue weighted by Crippen LogP contribution is -2.38. The number of nitriles is 1. The van der Waals surface area contributed by atoms with Crippen LogP contribution in [0, 0.1) is 11.3 Å². The molecule has 1 unspecified atom stereocenters. The van der Waals surface area contributed by atoms with Gasteiger partial charge in [-0.3, -0.25) is 4.98 Å². The van der Waals surface area contributed by atoms with Gasteiger partial charge < -0.3 is 9.47 Å². The van der Waals surface area contributed by atoms with Gasteiger partial charge in [0.05, 0.1) is 23.7 Å². The van der Waals surface area contributed by atoms with Crippen LogP contribution in [-0.4, -0.2) is 50.1 Å². The van der Waals surface area contributed by atoms with Crippen LogP contribution in [-0.2, 0) is 14.8 Å². The second kappa shape index (κ2) is 8.65. The van der Waals surface area contributed by atoms with Gasteiger partial charge in [0, 0.05) is 37.7 Å². The average molecular weight is 389 g/mol. The Bertz CT molecular complexity index is 934. The van der Waals surface area contributed by atoms with Crippen molar-refractivity contribution >= 4 is 20.9 Å². The van der Waals surface area contributed by atoms with Gasteiger partial charge in [-0.05, 0) is 44.0 Å². The molecule has 0 spiro atoms. The van der Waals surface area contributed by atoms with Crippen molar-refractivity contribution in [3.05, 3.63) is 30.5 Å². The first-order valence-electron chi connectivity index (χ1n) is 9.07. The van der Waals surface area contributed by atoms with Crippen molar-refractivity contribution in [1.29, 1.82) is 5.26 Å². The summed E-state index contributed by atoms with van der Waals surface area (Å²) in [5, 5.41) is 9.46. The minimum Gasteiger partial charge on any atom is -0.492 e. The number of benzene rings is 1. The summed E-state index contributed by atoms with van der Waals surface area (Å²) in [7, 11) is -3.81. The van der Waals surface area contributed by atoms with Gasteiger partial charge in [0.15, 0.2) is 0 Å². The van der Waals surface area contributed by atoms with Crippen LogP contribution in [0.15, 0.2) is 35.4 Å². The Labute approximate surface area is 159 Å². The fourth-order valence-electron chi connectivity index (χ4n) is 3.26. The number of rotatable bonds is 8. The van der Waals surface area contributed by atoms with E-state index in [2.05, 4.69) is 4.98 Å². The summed E-state index contributed by atoms with van der Waals surface area (Å²) in [5.41, 5.74) is 0.512. The first kappa shape index (κ1) is 19.5. The quantitative estimate of drug-likeness (QED) is 0.689. The third-order valence-corrected chi connectivity index (χ3v) is 6.44. The van der Waals surface area contributed by atoms with Gasteiger partial charge in [-0.15, -0.1) is 0 Å². The third kappa shape index (κ3) is 4.21. The number of hydrogen-bond acceptors (Lipinski definition) is 6. The Balaban J connectivity index is 2.03. The van der Waals surface area contributed by atoms with Crippen LogP contribution in [0.1, 0.15) is 26.2 Å². The number of ether oxygens (including phenoxy) is 2. The minimum atomic E-state index is -3.81. The SMILES string of the molecule is CCOc1ccc(S(=O)(=O)N(CCC#N)CC2CCCO2)c2cccnc12. The highest BCUT2D eigenvalue weighted by Crippen LogP contribution is 2.31. The number of fused-ring (bicyclic) bond motifs is 1. The van der Waals surface area contributed by atoms with Crippen molar-refractivity contribution in [3.63, 3.8) is 0 Å². The number of aromatic nitrogens is 1. The molecule has 0 radical (unpaired) electrons. The Morgan fingerprint density at radius 3 is 2.96 bits per heavy atom. The molecule has 0 bridgehead atoms. The van der Waals surface area contributed by atoms with Crippen LogP contribution >= 0.6 is 0 Å². The van der Waals surface area contributed by atoms with E-state index in [1.165, 1.54) is 4.31 Å². The summed E-state index contributed by atoms with van der Waals surface area (Å²) in [4.78, 5) is 4.48. The van der Waals surface area contributed by atoms with Crippen molar-refractivity contribution in [1.82, 2.24) is 9.29 Å². The molecule has 1 aromatic carbocycles. The van der Waals surface area contributed by atoms with E-state index in [9.17, 15) is 8.42 Å². The van der Waals surface area contributed by atoms with Crippen LogP contribution in [0.3, 0.4) is 0 Å². The highest BCUT2D eigenvalue weighted by atomic mass is 32.2. The molecule has 1 saturated heterocycles. The van der Waals surface area contributed by atoms with Gasteiger partial charge >= 0.3 is 0 Å². The van der Waals surface area contributed by atoms with Gasteiger partial charge in [-0.1, -0.05) is 0 Å². The highest BCUT2D eigenvalue weighted by Gasteiger charge is 2.30. The number of sulfonamides is 1. The van der Waals surface area contributed by atoms with Gasteiger partial charge in [0.25, 0.3) is 0 Å². The molecule has 0 aliphatic carbocycles. The van der Waals surface area contributed by atoms with Crippen LogP contribution < -0.4 is 4.74 Å². The standard InChI is InChI=1S/C19H23N3O4S/c1-2-25-17-8-9-18(16-7-3-11-21-19(16)17)27(23,24)22(12-5-10-20)14-15-6-4-13-26-15/h3,7-9,11,15H,2,4-6,12-14H2,1H3. The van der Waals surface area contributed by atoms with E-state index >= 15 is 0 Å². The summed E-state index contributed by atoms with van der Waals surface area (Å²) in [6.45, 7) is 3.36. The lowest BCUT2D eigenvalue weighted by molar-refractivity contribution is 0.0941. The molecule has 2 heterocycles. The Hall–Kier alpha value is -2.21. The fraction of sp³-hybridized carbons (Fsp3) is 0.474. The summed E-state index contributed by atoms with van der Waals surface area (Å²) >= 11 is 0. The van der Waals surface area contributed by atoms with E-state index in [1.54, 1.807) is 30.5 Å². The predicted molar refractivity (Wildman–Crippen MR) is 101 cm³/mol.